The number of thiol groups is 1. The van der Waals surface area contributed by atoms with Gasteiger partial charge in [0, 0.05) is 5.25 Å². The molecule has 0 aromatic rings. The lowest BCUT2D eigenvalue weighted by atomic mass is 9.92. The molecule has 2 unspecified atom stereocenters. The molecule has 0 amide bonds. The van der Waals surface area contributed by atoms with Crippen LogP contribution in [-0.2, 0) is 9.53 Å². The Morgan fingerprint density at radius 1 is 0.833 bits per heavy atom. The molecule has 0 aliphatic carbocycles. The van der Waals surface area contributed by atoms with Crippen molar-refractivity contribution in [2.45, 2.75) is 110 Å². The monoisotopic (exact) mass is 358 g/mol. The highest BCUT2D eigenvalue weighted by Crippen LogP contribution is 2.22. The fourth-order valence-electron chi connectivity index (χ4n) is 2.93. The molecule has 3 heteroatoms. The topological polar surface area (TPSA) is 26.3 Å². The summed E-state index contributed by atoms with van der Waals surface area (Å²) in [5, 5.41) is 0.489. The molecular weight excluding hydrogens is 316 g/mol. The predicted molar refractivity (Wildman–Crippen MR) is 109 cm³/mol. The van der Waals surface area contributed by atoms with Crippen molar-refractivity contribution in [1.82, 2.24) is 0 Å². The van der Waals surface area contributed by atoms with E-state index in [-0.39, 0.29) is 11.9 Å². The van der Waals surface area contributed by atoms with Crippen molar-refractivity contribution in [2.75, 3.05) is 6.61 Å². The number of hydrogen-bond donors (Lipinski definition) is 1. The molecule has 0 aliphatic rings. The van der Waals surface area contributed by atoms with Gasteiger partial charge in [-0.3, -0.25) is 4.79 Å². The summed E-state index contributed by atoms with van der Waals surface area (Å²) in [5.41, 5.74) is 0. The van der Waals surface area contributed by atoms with Crippen LogP contribution in [0.5, 0.6) is 0 Å². The zero-order valence-corrected chi connectivity index (χ0v) is 17.6. The number of ether oxygens (including phenoxy) is 1. The molecule has 0 heterocycles. The van der Waals surface area contributed by atoms with Gasteiger partial charge < -0.3 is 4.74 Å². The van der Waals surface area contributed by atoms with Crippen LogP contribution < -0.4 is 0 Å². The molecule has 2 nitrogen and oxygen atoms in total. The van der Waals surface area contributed by atoms with E-state index in [4.69, 9.17) is 17.4 Å². The van der Waals surface area contributed by atoms with Crippen LogP contribution in [-0.4, -0.2) is 17.8 Å². The Morgan fingerprint density at radius 2 is 1.46 bits per heavy atom. The molecule has 0 spiro atoms. The summed E-state index contributed by atoms with van der Waals surface area (Å²) < 4.78 is 5.52. The molecule has 0 saturated heterocycles. The quantitative estimate of drug-likeness (QED) is 0.186. The lowest BCUT2D eigenvalue weighted by Crippen LogP contribution is -2.19. The third-order valence-electron chi connectivity index (χ3n) is 4.65. The summed E-state index contributed by atoms with van der Waals surface area (Å²) in [5.74, 6) is 0.769. The maximum absolute atomic E-state index is 12.4. The van der Waals surface area contributed by atoms with Crippen molar-refractivity contribution < 1.29 is 9.53 Å². The van der Waals surface area contributed by atoms with E-state index in [2.05, 4.69) is 27.7 Å². The van der Waals surface area contributed by atoms with Gasteiger partial charge in [-0.1, -0.05) is 72.6 Å². The van der Waals surface area contributed by atoms with Crippen molar-refractivity contribution in [3.63, 3.8) is 0 Å². The second kappa shape index (κ2) is 16.3. The Balaban J connectivity index is 4.12. The molecule has 0 radical (unpaired) electrons. The number of rotatable bonds is 16. The summed E-state index contributed by atoms with van der Waals surface area (Å²) in [6.07, 6.45) is 13.6. The molecule has 0 saturated carbocycles. The van der Waals surface area contributed by atoms with Crippen LogP contribution in [0, 0.1) is 11.8 Å². The first-order valence-electron chi connectivity index (χ1n) is 10.4. The summed E-state index contributed by atoms with van der Waals surface area (Å²) in [7, 11) is 0. The van der Waals surface area contributed by atoms with E-state index in [0.717, 1.165) is 51.4 Å². The highest BCUT2D eigenvalue weighted by molar-refractivity contribution is 7.80. The van der Waals surface area contributed by atoms with Gasteiger partial charge in [-0.2, -0.15) is 12.6 Å². The number of unbranched alkanes of at least 4 members (excludes halogenated alkanes) is 4. The van der Waals surface area contributed by atoms with Gasteiger partial charge in [-0.05, 0) is 38.0 Å². The SMILES string of the molecule is CCCCCOC(=O)C(CCCC(S)CCCCC)CCC(C)C. The minimum absolute atomic E-state index is 0.0356. The Morgan fingerprint density at radius 3 is 2.08 bits per heavy atom. The summed E-state index contributed by atoms with van der Waals surface area (Å²) in [6, 6.07) is 0. The van der Waals surface area contributed by atoms with Crippen molar-refractivity contribution >= 4 is 18.6 Å². The highest BCUT2D eigenvalue weighted by Gasteiger charge is 2.20. The minimum atomic E-state index is 0.0356. The number of hydrogen-bond acceptors (Lipinski definition) is 3. The second-order valence-electron chi connectivity index (χ2n) is 7.62. The fourth-order valence-corrected chi connectivity index (χ4v) is 3.30. The van der Waals surface area contributed by atoms with Crippen molar-refractivity contribution in [3.8, 4) is 0 Å². The van der Waals surface area contributed by atoms with Crippen LogP contribution in [0.4, 0.5) is 0 Å². The molecule has 24 heavy (non-hydrogen) atoms. The third kappa shape index (κ3) is 14.2. The van der Waals surface area contributed by atoms with Crippen LogP contribution in [0.25, 0.3) is 0 Å². The molecule has 0 bridgehead atoms. The smallest absolute Gasteiger partial charge is 0.308 e. The van der Waals surface area contributed by atoms with Crippen molar-refractivity contribution in [1.29, 1.82) is 0 Å². The first-order valence-corrected chi connectivity index (χ1v) is 10.9. The van der Waals surface area contributed by atoms with Crippen LogP contribution in [0.1, 0.15) is 105 Å². The van der Waals surface area contributed by atoms with E-state index in [0.29, 0.717) is 17.8 Å². The zero-order valence-electron chi connectivity index (χ0n) is 16.7. The molecule has 0 fully saturated rings. The lowest BCUT2D eigenvalue weighted by molar-refractivity contribution is -0.149. The van der Waals surface area contributed by atoms with Gasteiger partial charge in [-0.15, -0.1) is 0 Å². The van der Waals surface area contributed by atoms with Gasteiger partial charge in [-0.25, -0.2) is 0 Å². The Hall–Kier alpha value is -0.180. The molecule has 0 N–H and O–H groups in total. The minimum Gasteiger partial charge on any atom is -0.465 e. The van der Waals surface area contributed by atoms with Crippen LogP contribution in [0.15, 0.2) is 0 Å². The van der Waals surface area contributed by atoms with Gasteiger partial charge in [0.2, 0.25) is 0 Å². The van der Waals surface area contributed by atoms with Gasteiger partial charge in [0.1, 0.15) is 0 Å². The summed E-state index contributed by atoms with van der Waals surface area (Å²) in [6.45, 7) is 9.44. The van der Waals surface area contributed by atoms with Crippen LogP contribution in [0.3, 0.4) is 0 Å². The van der Waals surface area contributed by atoms with Gasteiger partial charge >= 0.3 is 5.97 Å². The highest BCUT2D eigenvalue weighted by atomic mass is 32.1. The Kier molecular flexibility index (Phi) is 16.2. The first-order chi connectivity index (χ1) is 11.5. The number of esters is 1. The molecule has 0 rings (SSSR count). The van der Waals surface area contributed by atoms with Gasteiger partial charge in [0.25, 0.3) is 0 Å². The van der Waals surface area contributed by atoms with E-state index in [9.17, 15) is 4.79 Å². The molecule has 2 atom stereocenters. The zero-order chi connectivity index (χ0) is 18.2. The molecular formula is C21H42O2S. The van der Waals surface area contributed by atoms with Crippen LogP contribution >= 0.6 is 12.6 Å². The largest absolute Gasteiger partial charge is 0.465 e. The van der Waals surface area contributed by atoms with E-state index in [1.165, 1.54) is 25.7 Å². The fraction of sp³-hybridized carbons (Fsp3) is 0.952. The van der Waals surface area contributed by atoms with E-state index >= 15 is 0 Å². The normalized spacial score (nSPS) is 13.9. The van der Waals surface area contributed by atoms with Crippen molar-refractivity contribution in [3.05, 3.63) is 0 Å². The molecule has 144 valence electrons. The van der Waals surface area contributed by atoms with Gasteiger partial charge in [0.05, 0.1) is 12.5 Å². The number of carbonyl (C=O) groups is 1. The average molecular weight is 359 g/mol. The molecule has 0 aromatic heterocycles. The van der Waals surface area contributed by atoms with E-state index < -0.39 is 0 Å². The maximum atomic E-state index is 12.4. The average Bonchev–Trinajstić information content (AvgIpc) is 2.54. The first kappa shape index (κ1) is 23.8. The summed E-state index contributed by atoms with van der Waals surface area (Å²) >= 11 is 4.71. The second-order valence-corrected chi connectivity index (χ2v) is 8.35. The third-order valence-corrected chi connectivity index (χ3v) is 5.17. The molecule has 0 aromatic carbocycles. The number of carbonyl (C=O) groups excluding carboxylic acids is 1. The standard InChI is InChI=1S/C21H42O2S/c1-5-7-9-13-20(24)14-11-12-19(16-15-18(3)4)21(22)23-17-10-8-6-2/h18-20,24H,5-17H2,1-4H3. The molecule has 0 aliphatic heterocycles. The summed E-state index contributed by atoms with van der Waals surface area (Å²) in [4.78, 5) is 12.4. The van der Waals surface area contributed by atoms with E-state index in [1.54, 1.807) is 0 Å². The Bertz CT molecular complexity index is 292. The van der Waals surface area contributed by atoms with Crippen molar-refractivity contribution in [2.24, 2.45) is 11.8 Å². The van der Waals surface area contributed by atoms with E-state index in [1.807, 2.05) is 0 Å². The lowest BCUT2D eigenvalue weighted by Gasteiger charge is -2.18. The van der Waals surface area contributed by atoms with Crippen LogP contribution in [0.2, 0.25) is 0 Å². The predicted octanol–water partition coefficient (Wildman–Crippen LogP) is 6.82. The Labute approximate surface area is 156 Å². The maximum Gasteiger partial charge on any atom is 0.308 e. The van der Waals surface area contributed by atoms with Gasteiger partial charge in [0.15, 0.2) is 0 Å².